The largest absolute Gasteiger partial charge is 0.481 e. The molecule has 0 aromatic carbocycles. The van der Waals surface area contributed by atoms with Crippen LogP contribution < -0.4 is 10.6 Å². The molecule has 0 heterocycles. The molecule has 0 spiro atoms. The topological polar surface area (TPSA) is 78.4 Å². The highest BCUT2D eigenvalue weighted by molar-refractivity contribution is 5.77. The minimum atomic E-state index is -0.930. The molecular formula is C11H22N2O3. The van der Waals surface area contributed by atoms with Crippen molar-refractivity contribution in [2.45, 2.75) is 40.0 Å². The van der Waals surface area contributed by atoms with Crippen LogP contribution in [0.15, 0.2) is 0 Å². The second-order valence-electron chi connectivity index (χ2n) is 4.51. The van der Waals surface area contributed by atoms with Gasteiger partial charge < -0.3 is 15.7 Å². The number of unbranched alkanes of at least 4 members (excludes halogenated alkanes) is 2. The monoisotopic (exact) mass is 230 g/mol. The Hall–Kier alpha value is -1.26. The third kappa shape index (κ3) is 6.27. The molecule has 5 heteroatoms. The molecule has 0 radical (unpaired) electrons. The number of hydrogen-bond donors (Lipinski definition) is 3. The van der Waals surface area contributed by atoms with Crippen LogP contribution in [0.25, 0.3) is 0 Å². The average molecular weight is 230 g/mol. The molecule has 2 amide bonds. The first-order valence-electron chi connectivity index (χ1n) is 5.65. The molecule has 0 bridgehead atoms. The number of carbonyl (C=O) groups excluding carboxylic acids is 1. The van der Waals surface area contributed by atoms with E-state index in [9.17, 15) is 9.59 Å². The third-order valence-corrected chi connectivity index (χ3v) is 2.34. The van der Waals surface area contributed by atoms with Gasteiger partial charge in [0.15, 0.2) is 0 Å². The minimum Gasteiger partial charge on any atom is -0.481 e. The molecule has 16 heavy (non-hydrogen) atoms. The number of rotatable bonds is 7. The summed E-state index contributed by atoms with van der Waals surface area (Å²) in [5.74, 6) is -0.918. The van der Waals surface area contributed by atoms with Gasteiger partial charge in [0.05, 0.1) is 5.41 Å². The smallest absolute Gasteiger partial charge is 0.314 e. The van der Waals surface area contributed by atoms with E-state index in [1.54, 1.807) is 13.8 Å². The van der Waals surface area contributed by atoms with Gasteiger partial charge in [-0.3, -0.25) is 4.79 Å². The van der Waals surface area contributed by atoms with E-state index in [0.29, 0.717) is 6.54 Å². The van der Waals surface area contributed by atoms with Crippen LogP contribution in [-0.2, 0) is 4.79 Å². The van der Waals surface area contributed by atoms with Gasteiger partial charge in [-0.05, 0) is 20.3 Å². The van der Waals surface area contributed by atoms with Gasteiger partial charge in [0.25, 0.3) is 0 Å². The molecule has 3 N–H and O–H groups in total. The Bertz CT molecular complexity index is 239. The lowest BCUT2D eigenvalue weighted by Gasteiger charge is -2.19. The zero-order chi connectivity index (χ0) is 12.6. The lowest BCUT2D eigenvalue weighted by atomic mass is 9.94. The van der Waals surface area contributed by atoms with Gasteiger partial charge in [-0.25, -0.2) is 4.79 Å². The highest BCUT2D eigenvalue weighted by Gasteiger charge is 2.27. The maximum absolute atomic E-state index is 11.3. The van der Waals surface area contributed by atoms with E-state index in [1.165, 1.54) is 0 Å². The molecule has 0 aliphatic heterocycles. The van der Waals surface area contributed by atoms with Gasteiger partial charge in [0.1, 0.15) is 0 Å². The van der Waals surface area contributed by atoms with Crippen LogP contribution in [0.2, 0.25) is 0 Å². The van der Waals surface area contributed by atoms with Crippen molar-refractivity contribution in [1.82, 2.24) is 10.6 Å². The van der Waals surface area contributed by atoms with E-state index < -0.39 is 11.4 Å². The molecule has 5 nitrogen and oxygen atoms in total. The molecule has 94 valence electrons. The van der Waals surface area contributed by atoms with Gasteiger partial charge in [-0.15, -0.1) is 0 Å². The fourth-order valence-corrected chi connectivity index (χ4v) is 1.02. The number of amides is 2. The van der Waals surface area contributed by atoms with Gasteiger partial charge in [0.2, 0.25) is 0 Å². The molecule has 0 aromatic rings. The van der Waals surface area contributed by atoms with Crippen LogP contribution in [-0.4, -0.2) is 30.2 Å². The number of urea groups is 1. The molecular weight excluding hydrogens is 208 g/mol. The number of nitrogens with one attached hydrogen (secondary N) is 2. The maximum atomic E-state index is 11.3. The SMILES string of the molecule is CCCCCNC(=O)NCC(C)(C)C(=O)O. The number of carbonyl (C=O) groups is 2. The van der Waals surface area contributed by atoms with Gasteiger partial charge in [-0.2, -0.15) is 0 Å². The molecule has 0 saturated heterocycles. The number of carboxylic acid groups (broad SMARTS) is 1. The average Bonchev–Trinajstić information content (AvgIpc) is 2.21. The highest BCUT2D eigenvalue weighted by atomic mass is 16.4. The van der Waals surface area contributed by atoms with Crippen LogP contribution in [0.1, 0.15) is 40.0 Å². The summed E-state index contributed by atoms with van der Waals surface area (Å²) in [6.45, 7) is 6.00. The van der Waals surface area contributed by atoms with Crippen molar-refractivity contribution in [3.63, 3.8) is 0 Å². The maximum Gasteiger partial charge on any atom is 0.314 e. The predicted octanol–water partition coefficient (Wildman–Crippen LogP) is 1.59. The fraction of sp³-hybridized carbons (Fsp3) is 0.818. The standard InChI is InChI=1S/C11H22N2O3/c1-4-5-6-7-12-10(16)13-8-11(2,3)9(14)15/h4-8H2,1-3H3,(H,14,15)(H2,12,13,16). The molecule has 0 atom stereocenters. The van der Waals surface area contributed by atoms with Crippen molar-refractivity contribution < 1.29 is 14.7 Å². The first-order valence-corrected chi connectivity index (χ1v) is 5.65. The zero-order valence-corrected chi connectivity index (χ0v) is 10.3. The highest BCUT2D eigenvalue weighted by Crippen LogP contribution is 2.12. The molecule has 0 fully saturated rings. The number of hydrogen-bond acceptors (Lipinski definition) is 2. The Balaban J connectivity index is 3.69. The Morgan fingerprint density at radius 3 is 2.31 bits per heavy atom. The molecule has 0 aliphatic rings. The van der Waals surface area contributed by atoms with Crippen molar-refractivity contribution in [1.29, 1.82) is 0 Å². The van der Waals surface area contributed by atoms with E-state index in [1.807, 2.05) is 0 Å². The second-order valence-corrected chi connectivity index (χ2v) is 4.51. The summed E-state index contributed by atoms with van der Waals surface area (Å²) in [7, 11) is 0. The van der Waals surface area contributed by atoms with Crippen molar-refractivity contribution in [3.8, 4) is 0 Å². The van der Waals surface area contributed by atoms with Crippen molar-refractivity contribution in [2.24, 2.45) is 5.41 Å². The molecule has 0 unspecified atom stereocenters. The Morgan fingerprint density at radius 2 is 1.81 bits per heavy atom. The third-order valence-electron chi connectivity index (χ3n) is 2.34. The number of carboxylic acids is 1. The summed E-state index contributed by atoms with van der Waals surface area (Å²) in [6.07, 6.45) is 3.14. The molecule has 0 rings (SSSR count). The van der Waals surface area contributed by atoms with Crippen molar-refractivity contribution in [2.75, 3.05) is 13.1 Å². The Kier molecular flexibility index (Phi) is 6.53. The zero-order valence-electron chi connectivity index (χ0n) is 10.3. The van der Waals surface area contributed by atoms with Gasteiger partial charge >= 0.3 is 12.0 Å². The normalized spacial score (nSPS) is 10.9. The van der Waals surface area contributed by atoms with Crippen LogP contribution in [0, 0.1) is 5.41 Å². The first-order chi connectivity index (χ1) is 7.40. The predicted molar refractivity (Wildman–Crippen MR) is 62.3 cm³/mol. The van der Waals surface area contributed by atoms with Crippen molar-refractivity contribution in [3.05, 3.63) is 0 Å². The van der Waals surface area contributed by atoms with Gasteiger partial charge in [-0.1, -0.05) is 19.8 Å². The second kappa shape index (κ2) is 7.09. The van der Waals surface area contributed by atoms with Crippen molar-refractivity contribution >= 4 is 12.0 Å². The molecule has 0 aromatic heterocycles. The van der Waals surface area contributed by atoms with E-state index in [2.05, 4.69) is 17.6 Å². The summed E-state index contributed by atoms with van der Waals surface area (Å²) in [5.41, 5.74) is -0.930. The van der Waals surface area contributed by atoms with E-state index in [-0.39, 0.29) is 12.6 Å². The summed E-state index contributed by atoms with van der Waals surface area (Å²) in [5, 5.41) is 14.1. The minimum absolute atomic E-state index is 0.127. The summed E-state index contributed by atoms with van der Waals surface area (Å²) < 4.78 is 0. The molecule has 0 aliphatic carbocycles. The summed E-state index contributed by atoms with van der Waals surface area (Å²) in [6, 6.07) is -0.301. The summed E-state index contributed by atoms with van der Waals surface area (Å²) in [4.78, 5) is 22.0. The quantitative estimate of drug-likeness (QED) is 0.581. The number of aliphatic carboxylic acids is 1. The van der Waals surface area contributed by atoms with Crippen LogP contribution >= 0.6 is 0 Å². The Labute approximate surface area is 96.6 Å². The van der Waals surface area contributed by atoms with Crippen LogP contribution in [0.3, 0.4) is 0 Å². The molecule has 0 saturated carbocycles. The van der Waals surface area contributed by atoms with E-state index in [0.717, 1.165) is 19.3 Å². The van der Waals surface area contributed by atoms with E-state index >= 15 is 0 Å². The van der Waals surface area contributed by atoms with Gasteiger partial charge in [0, 0.05) is 13.1 Å². The Morgan fingerprint density at radius 1 is 1.19 bits per heavy atom. The summed E-state index contributed by atoms with van der Waals surface area (Å²) >= 11 is 0. The van der Waals surface area contributed by atoms with E-state index in [4.69, 9.17) is 5.11 Å². The lowest BCUT2D eigenvalue weighted by molar-refractivity contribution is -0.146. The first kappa shape index (κ1) is 14.7. The van der Waals surface area contributed by atoms with Crippen LogP contribution in [0.5, 0.6) is 0 Å². The lowest BCUT2D eigenvalue weighted by Crippen LogP contribution is -2.43. The van der Waals surface area contributed by atoms with Crippen LogP contribution in [0.4, 0.5) is 4.79 Å². The fourth-order valence-electron chi connectivity index (χ4n) is 1.02.